The van der Waals surface area contributed by atoms with E-state index < -0.39 is 0 Å². The quantitative estimate of drug-likeness (QED) is 0.225. The zero-order chi connectivity index (χ0) is 9.68. The summed E-state index contributed by atoms with van der Waals surface area (Å²) in [6.07, 6.45) is 1.65. The van der Waals surface area contributed by atoms with Crippen molar-refractivity contribution in [3.05, 3.63) is 12.2 Å². The van der Waals surface area contributed by atoms with E-state index in [0.29, 0.717) is 13.1 Å². The first kappa shape index (κ1) is 9.46. The fraction of sp³-hybridized carbons (Fsp3) is 0.500. The molecule has 0 aliphatic heterocycles. The summed E-state index contributed by atoms with van der Waals surface area (Å²) in [5.74, 6) is 6.11. The van der Waals surface area contributed by atoms with E-state index in [1.165, 1.54) is 0 Å². The number of nitrogens with one attached hydrogen (secondary N) is 1. The van der Waals surface area contributed by atoms with Crippen molar-refractivity contribution < 1.29 is 0 Å². The second-order valence-corrected chi connectivity index (χ2v) is 2.48. The molecule has 13 heavy (non-hydrogen) atoms. The van der Waals surface area contributed by atoms with Gasteiger partial charge in [-0.25, -0.2) is 5.84 Å². The minimum Gasteiger partial charge on any atom is -0.369 e. The first-order valence-electron chi connectivity index (χ1n) is 3.85. The Morgan fingerprint density at radius 3 is 3.08 bits per heavy atom. The number of hydrazine groups is 1. The maximum Gasteiger partial charge on any atom is 0.203 e. The van der Waals surface area contributed by atoms with Crippen LogP contribution in [0.4, 0.5) is 0 Å². The smallest absolute Gasteiger partial charge is 0.203 e. The first-order chi connectivity index (χ1) is 6.24. The van der Waals surface area contributed by atoms with Gasteiger partial charge in [0.25, 0.3) is 0 Å². The third-order valence-corrected chi connectivity index (χ3v) is 1.58. The fourth-order valence-corrected chi connectivity index (χ4v) is 0.856. The normalized spacial score (nSPS) is 11.7. The van der Waals surface area contributed by atoms with Crippen LogP contribution in [-0.4, -0.2) is 27.3 Å². The highest BCUT2D eigenvalue weighted by Gasteiger charge is 1.95. The van der Waals surface area contributed by atoms with Crippen molar-refractivity contribution >= 4 is 5.96 Å². The lowest BCUT2D eigenvalue weighted by atomic mass is 10.6. The summed E-state index contributed by atoms with van der Waals surface area (Å²) in [4.78, 5) is 3.94. The summed E-state index contributed by atoms with van der Waals surface area (Å²) >= 11 is 0. The van der Waals surface area contributed by atoms with Crippen LogP contribution in [0.5, 0.6) is 0 Å². The monoisotopic (exact) mass is 183 g/mol. The van der Waals surface area contributed by atoms with Gasteiger partial charge in [0.1, 0.15) is 12.2 Å². The molecule has 72 valence electrons. The van der Waals surface area contributed by atoms with Crippen LogP contribution in [0.3, 0.4) is 0 Å². The van der Waals surface area contributed by atoms with Gasteiger partial charge in [0, 0.05) is 6.54 Å². The summed E-state index contributed by atoms with van der Waals surface area (Å²) < 4.78 is 1.88. The SMILES string of the molecule is Cc1nncn1CCN=C(N)NN. The van der Waals surface area contributed by atoms with Crippen LogP contribution in [0.1, 0.15) is 5.82 Å². The Bertz CT molecular complexity index is 289. The van der Waals surface area contributed by atoms with Crippen LogP contribution in [0.15, 0.2) is 11.3 Å². The lowest BCUT2D eigenvalue weighted by molar-refractivity contribution is 0.681. The van der Waals surface area contributed by atoms with Gasteiger partial charge in [0.2, 0.25) is 5.96 Å². The van der Waals surface area contributed by atoms with E-state index in [9.17, 15) is 0 Å². The van der Waals surface area contributed by atoms with Gasteiger partial charge in [-0.05, 0) is 6.92 Å². The molecule has 0 aliphatic rings. The fourth-order valence-electron chi connectivity index (χ4n) is 0.856. The van der Waals surface area contributed by atoms with E-state index in [1.807, 2.05) is 11.5 Å². The standard InChI is InChI=1S/C6H13N7/c1-5-12-10-4-13(5)3-2-9-6(7)11-8/h4H,2-3,8H2,1H3,(H3,7,9,11). The minimum absolute atomic E-state index is 0.228. The second kappa shape index (κ2) is 4.41. The third-order valence-electron chi connectivity index (χ3n) is 1.58. The van der Waals surface area contributed by atoms with Gasteiger partial charge in [-0.3, -0.25) is 10.4 Å². The average Bonchev–Trinajstić information content (AvgIpc) is 2.52. The van der Waals surface area contributed by atoms with E-state index in [2.05, 4.69) is 20.6 Å². The molecule has 1 aromatic heterocycles. The van der Waals surface area contributed by atoms with Gasteiger partial charge in [0.05, 0.1) is 6.54 Å². The van der Waals surface area contributed by atoms with Crippen molar-refractivity contribution in [1.82, 2.24) is 20.2 Å². The van der Waals surface area contributed by atoms with E-state index >= 15 is 0 Å². The van der Waals surface area contributed by atoms with Crippen LogP contribution in [0.2, 0.25) is 0 Å². The highest BCUT2D eigenvalue weighted by Crippen LogP contribution is 1.91. The molecule has 7 heteroatoms. The molecule has 1 rings (SSSR count). The Kier molecular flexibility index (Phi) is 3.21. The van der Waals surface area contributed by atoms with Gasteiger partial charge in [0.15, 0.2) is 0 Å². The molecule has 1 aromatic rings. The number of rotatable bonds is 3. The Hall–Kier alpha value is -1.63. The Morgan fingerprint density at radius 2 is 2.54 bits per heavy atom. The van der Waals surface area contributed by atoms with Gasteiger partial charge < -0.3 is 10.3 Å². The molecule has 0 saturated heterocycles. The van der Waals surface area contributed by atoms with Crippen LogP contribution < -0.4 is 17.0 Å². The predicted molar refractivity (Wildman–Crippen MR) is 48.6 cm³/mol. The van der Waals surface area contributed by atoms with E-state index in [4.69, 9.17) is 11.6 Å². The van der Waals surface area contributed by atoms with Crippen molar-refractivity contribution in [2.45, 2.75) is 13.5 Å². The summed E-state index contributed by atoms with van der Waals surface area (Å²) in [5, 5.41) is 7.56. The molecule has 0 fully saturated rings. The predicted octanol–water partition coefficient (Wildman–Crippen LogP) is -1.64. The number of guanidine groups is 1. The van der Waals surface area contributed by atoms with Crippen molar-refractivity contribution in [2.75, 3.05) is 6.54 Å². The molecule has 0 atom stereocenters. The number of hydrogen-bond acceptors (Lipinski definition) is 4. The van der Waals surface area contributed by atoms with Crippen molar-refractivity contribution in [3.8, 4) is 0 Å². The molecule has 0 spiro atoms. The van der Waals surface area contributed by atoms with Crippen LogP contribution in [0, 0.1) is 6.92 Å². The average molecular weight is 183 g/mol. The lowest BCUT2D eigenvalue weighted by Gasteiger charge is -2.01. The maximum absolute atomic E-state index is 5.32. The van der Waals surface area contributed by atoms with E-state index in [-0.39, 0.29) is 5.96 Å². The van der Waals surface area contributed by atoms with Crippen molar-refractivity contribution in [2.24, 2.45) is 16.6 Å². The number of aromatic nitrogens is 3. The summed E-state index contributed by atoms with van der Waals surface area (Å²) in [5.41, 5.74) is 7.57. The maximum atomic E-state index is 5.32. The largest absolute Gasteiger partial charge is 0.369 e. The number of nitrogens with zero attached hydrogens (tertiary/aromatic N) is 4. The molecule has 1 heterocycles. The highest BCUT2D eigenvalue weighted by atomic mass is 15.3. The Labute approximate surface area is 75.8 Å². The highest BCUT2D eigenvalue weighted by molar-refractivity contribution is 5.76. The van der Waals surface area contributed by atoms with Gasteiger partial charge in [-0.2, -0.15) is 0 Å². The lowest BCUT2D eigenvalue weighted by Crippen LogP contribution is -2.37. The van der Waals surface area contributed by atoms with Crippen molar-refractivity contribution in [3.63, 3.8) is 0 Å². The molecular weight excluding hydrogens is 170 g/mol. The number of aryl methyl sites for hydroxylation is 1. The van der Waals surface area contributed by atoms with Crippen molar-refractivity contribution in [1.29, 1.82) is 0 Å². The Morgan fingerprint density at radius 1 is 1.77 bits per heavy atom. The Balaban J connectivity index is 2.40. The molecule has 0 unspecified atom stereocenters. The van der Waals surface area contributed by atoms with E-state index in [1.54, 1.807) is 6.33 Å². The molecule has 0 amide bonds. The first-order valence-corrected chi connectivity index (χ1v) is 3.85. The van der Waals surface area contributed by atoms with Gasteiger partial charge >= 0.3 is 0 Å². The molecule has 7 nitrogen and oxygen atoms in total. The van der Waals surface area contributed by atoms with Gasteiger partial charge in [-0.1, -0.05) is 0 Å². The zero-order valence-electron chi connectivity index (χ0n) is 7.44. The molecular formula is C6H13N7. The molecule has 0 saturated carbocycles. The molecule has 0 radical (unpaired) electrons. The molecule has 0 aromatic carbocycles. The summed E-state index contributed by atoms with van der Waals surface area (Å²) in [7, 11) is 0. The summed E-state index contributed by atoms with van der Waals surface area (Å²) in [6, 6.07) is 0. The number of hydrogen-bond donors (Lipinski definition) is 3. The van der Waals surface area contributed by atoms with Crippen LogP contribution in [0.25, 0.3) is 0 Å². The minimum atomic E-state index is 0.228. The van der Waals surface area contributed by atoms with Gasteiger partial charge in [-0.15, -0.1) is 10.2 Å². The van der Waals surface area contributed by atoms with Crippen LogP contribution >= 0.6 is 0 Å². The number of nitrogens with two attached hydrogens (primary N) is 2. The molecule has 5 N–H and O–H groups in total. The molecule has 0 aliphatic carbocycles. The third kappa shape index (κ3) is 2.71. The topological polar surface area (TPSA) is 107 Å². The zero-order valence-corrected chi connectivity index (χ0v) is 7.44. The van der Waals surface area contributed by atoms with Crippen LogP contribution in [-0.2, 0) is 6.54 Å². The molecule has 0 bridgehead atoms. The summed E-state index contributed by atoms with van der Waals surface area (Å²) in [6.45, 7) is 3.12. The second-order valence-electron chi connectivity index (χ2n) is 2.48. The number of aliphatic imine (C=N–C) groups is 1. The van der Waals surface area contributed by atoms with E-state index in [0.717, 1.165) is 5.82 Å².